The third kappa shape index (κ3) is 12.6. The van der Waals surface area contributed by atoms with Crippen LogP contribution in [0.25, 0.3) is 0 Å². The quantitative estimate of drug-likeness (QED) is 0.199. The highest BCUT2D eigenvalue weighted by atomic mass is 32.2. The van der Waals surface area contributed by atoms with Crippen LogP contribution < -0.4 is 10.6 Å². The summed E-state index contributed by atoms with van der Waals surface area (Å²) in [6, 6.07) is 13.4. The number of nitrogens with zero attached hydrogens (tertiary/aromatic N) is 1. The standard InChI is InChI=1S/C35H49N3O6S/c1-10-21-38(31(40)27(20-22-45-9)37-33(42)44-35(6,7)8)29(26-19-15-14-16-24(26)2)30(39)36-28(32(41)43-34(3,4)5)23-25-17-12-11-13-18-25/h10-19,27-29H,1,20-23H2,2-9H3,(H,36,39)(H,37,42). The second-order valence-electron chi connectivity index (χ2n) is 12.8. The lowest BCUT2D eigenvalue weighted by molar-refractivity contribution is -0.159. The number of ether oxygens (including phenoxy) is 2. The Morgan fingerprint density at radius 1 is 0.889 bits per heavy atom. The van der Waals surface area contributed by atoms with Gasteiger partial charge in [0, 0.05) is 13.0 Å². The Bertz CT molecular complexity index is 1300. The molecule has 2 aromatic carbocycles. The van der Waals surface area contributed by atoms with Crippen molar-refractivity contribution < 1.29 is 28.7 Å². The van der Waals surface area contributed by atoms with Gasteiger partial charge >= 0.3 is 12.1 Å². The topological polar surface area (TPSA) is 114 Å². The van der Waals surface area contributed by atoms with Crippen molar-refractivity contribution in [3.05, 3.63) is 83.9 Å². The van der Waals surface area contributed by atoms with E-state index in [0.717, 1.165) is 11.1 Å². The molecule has 0 heterocycles. The van der Waals surface area contributed by atoms with Crippen molar-refractivity contribution in [1.82, 2.24) is 15.5 Å². The fraction of sp³-hybridized carbons (Fsp3) is 0.486. The average Bonchev–Trinajstić information content (AvgIpc) is 2.94. The molecule has 0 aliphatic heterocycles. The van der Waals surface area contributed by atoms with E-state index in [0.29, 0.717) is 17.7 Å². The molecule has 0 aliphatic rings. The van der Waals surface area contributed by atoms with E-state index in [4.69, 9.17) is 9.47 Å². The maximum Gasteiger partial charge on any atom is 0.408 e. The third-order valence-corrected chi connectivity index (χ3v) is 7.19. The molecule has 0 fully saturated rings. The van der Waals surface area contributed by atoms with Gasteiger partial charge in [-0.2, -0.15) is 11.8 Å². The van der Waals surface area contributed by atoms with Crippen LogP contribution in [0.1, 0.15) is 70.7 Å². The van der Waals surface area contributed by atoms with E-state index in [9.17, 15) is 19.2 Å². The van der Waals surface area contributed by atoms with Crippen LogP contribution in [0.15, 0.2) is 67.3 Å². The van der Waals surface area contributed by atoms with Crippen molar-refractivity contribution in [1.29, 1.82) is 0 Å². The van der Waals surface area contributed by atoms with Gasteiger partial charge in [0.15, 0.2) is 0 Å². The zero-order valence-electron chi connectivity index (χ0n) is 27.8. The number of carbonyl (C=O) groups is 4. The van der Waals surface area contributed by atoms with Crippen LogP contribution in [0.2, 0.25) is 0 Å². The van der Waals surface area contributed by atoms with Crippen LogP contribution >= 0.6 is 11.8 Å². The summed E-state index contributed by atoms with van der Waals surface area (Å²) in [6.45, 7) is 16.2. The number of alkyl carbamates (subject to hydrolysis) is 1. The molecular formula is C35H49N3O6S. The van der Waals surface area contributed by atoms with Gasteiger partial charge in [-0.1, -0.05) is 60.7 Å². The molecule has 2 N–H and O–H groups in total. The molecule has 9 nitrogen and oxygen atoms in total. The van der Waals surface area contributed by atoms with Gasteiger partial charge in [-0.15, -0.1) is 6.58 Å². The van der Waals surface area contributed by atoms with Crippen LogP contribution in [0.4, 0.5) is 4.79 Å². The van der Waals surface area contributed by atoms with E-state index in [1.165, 1.54) is 22.7 Å². The molecule has 10 heteroatoms. The first-order chi connectivity index (χ1) is 21.1. The number of hydrogen-bond donors (Lipinski definition) is 2. The van der Waals surface area contributed by atoms with Crippen LogP contribution in [-0.4, -0.2) is 70.6 Å². The molecule has 246 valence electrons. The second-order valence-corrected chi connectivity index (χ2v) is 13.8. The second kappa shape index (κ2) is 17.1. The van der Waals surface area contributed by atoms with Gasteiger partial charge in [0.05, 0.1) is 0 Å². The number of nitrogens with one attached hydrogen (secondary N) is 2. The minimum absolute atomic E-state index is 0.00676. The van der Waals surface area contributed by atoms with E-state index >= 15 is 0 Å². The van der Waals surface area contributed by atoms with Crippen molar-refractivity contribution in [2.24, 2.45) is 0 Å². The predicted molar refractivity (Wildman–Crippen MR) is 180 cm³/mol. The van der Waals surface area contributed by atoms with Crippen LogP contribution in [0.5, 0.6) is 0 Å². The van der Waals surface area contributed by atoms with Gasteiger partial charge in [-0.3, -0.25) is 9.59 Å². The molecule has 0 saturated carbocycles. The molecule has 3 amide bonds. The summed E-state index contributed by atoms with van der Waals surface area (Å²) in [5.41, 5.74) is 0.635. The van der Waals surface area contributed by atoms with Crippen LogP contribution in [0.3, 0.4) is 0 Å². The lowest BCUT2D eigenvalue weighted by atomic mass is 9.97. The fourth-order valence-corrected chi connectivity index (χ4v) is 5.09. The summed E-state index contributed by atoms with van der Waals surface area (Å²) in [5, 5.41) is 5.62. The molecule has 0 saturated heterocycles. The largest absolute Gasteiger partial charge is 0.458 e. The number of esters is 1. The minimum Gasteiger partial charge on any atom is -0.458 e. The minimum atomic E-state index is -1.14. The van der Waals surface area contributed by atoms with Crippen molar-refractivity contribution in [3.63, 3.8) is 0 Å². The van der Waals surface area contributed by atoms with Gasteiger partial charge in [-0.25, -0.2) is 9.59 Å². The molecule has 45 heavy (non-hydrogen) atoms. The third-order valence-electron chi connectivity index (χ3n) is 6.54. The first kappa shape index (κ1) is 37.4. The Morgan fingerprint density at radius 2 is 1.49 bits per heavy atom. The van der Waals surface area contributed by atoms with Gasteiger partial charge in [0.2, 0.25) is 11.8 Å². The number of amides is 3. The highest BCUT2D eigenvalue weighted by Gasteiger charge is 2.38. The Labute approximate surface area is 272 Å². The molecule has 0 aliphatic carbocycles. The lowest BCUT2D eigenvalue weighted by Crippen LogP contribution is -2.55. The smallest absolute Gasteiger partial charge is 0.408 e. The van der Waals surface area contributed by atoms with Crippen LogP contribution in [0, 0.1) is 6.92 Å². The molecule has 0 aromatic heterocycles. The molecule has 0 bridgehead atoms. The zero-order valence-corrected chi connectivity index (χ0v) is 28.7. The average molecular weight is 640 g/mol. The Hall–Kier alpha value is -3.79. The van der Waals surface area contributed by atoms with E-state index in [1.54, 1.807) is 53.7 Å². The Morgan fingerprint density at radius 3 is 2.04 bits per heavy atom. The molecule has 2 rings (SSSR count). The van der Waals surface area contributed by atoms with Crippen molar-refractivity contribution in [2.45, 2.75) is 90.6 Å². The maximum atomic E-state index is 14.4. The summed E-state index contributed by atoms with van der Waals surface area (Å²) in [4.78, 5) is 56.3. The van der Waals surface area contributed by atoms with Gasteiger partial charge in [-0.05, 0) is 83.6 Å². The zero-order chi connectivity index (χ0) is 33.8. The SMILES string of the molecule is C=CCN(C(=O)C(CCSC)NC(=O)OC(C)(C)C)C(C(=O)NC(Cc1ccccc1)C(=O)OC(C)(C)C)c1ccccc1C. The number of carbonyl (C=O) groups excluding carboxylic acids is 4. The highest BCUT2D eigenvalue weighted by Crippen LogP contribution is 2.27. The molecule has 0 radical (unpaired) electrons. The number of thioether (sulfide) groups is 1. The summed E-state index contributed by atoms with van der Waals surface area (Å²) in [5.74, 6) is -1.05. The highest BCUT2D eigenvalue weighted by molar-refractivity contribution is 7.98. The number of aryl methyl sites for hydroxylation is 1. The normalized spacial score (nSPS) is 13.5. The monoisotopic (exact) mass is 639 g/mol. The number of rotatable bonds is 14. The number of benzene rings is 2. The summed E-state index contributed by atoms with van der Waals surface area (Å²) < 4.78 is 11.1. The summed E-state index contributed by atoms with van der Waals surface area (Å²) >= 11 is 1.53. The molecule has 0 spiro atoms. The summed E-state index contributed by atoms with van der Waals surface area (Å²) in [6.07, 6.45) is 3.21. The molecular weight excluding hydrogens is 590 g/mol. The number of hydrogen-bond acceptors (Lipinski definition) is 7. The molecule has 3 atom stereocenters. The lowest BCUT2D eigenvalue weighted by Gasteiger charge is -2.35. The fourth-order valence-electron chi connectivity index (χ4n) is 4.62. The first-order valence-electron chi connectivity index (χ1n) is 15.1. The van der Waals surface area contributed by atoms with Crippen molar-refractivity contribution in [2.75, 3.05) is 18.6 Å². The van der Waals surface area contributed by atoms with E-state index in [1.807, 2.05) is 55.6 Å². The maximum absolute atomic E-state index is 14.4. The van der Waals surface area contributed by atoms with Crippen molar-refractivity contribution in [3.8, 4) is 0 Å². The predicted octanol–water partition coefficient (Wildman–Crippen LogP) is 5.77. The Kier molecular flexibility index (Phi) is 14.2. The van der Waals surface area contributed by atoms with Crippen molar-refractivity contribution >= 4 is 35.6 Å². The van der Waals surface area contributed by atoms with E-state index < -0.39 is 53.2 Å². The van der Waals surface area contributed by atoms with E-state index in [2.05, 4.69) is 17.2 Å². The van der Waals surface area contributed by atoms with Gasteiger partial charge in [0.25, 0.3) is 0 Å². The summed E-state index contributed by atoms with van der Waals surface area (Å²) in [7, 11) is 0. The van der Waals surface area contributed by atoms with Gasteiger partial charge in [0.1, 0.15) is 29.3 Å². The van der Waals surface area contributed by atoms with Gasteiger partial charge < -0.3 is 25.0 Å². The molecule has 2 aromatic rings. The first-order valence-corrected chi connectivity index (χ1v) is 16.5. The molecule has 3 unspecified atom stereocenters. The van der Waals surface area contributed by atoms with E-state index in [-0.39, 0.29) is 13.0 Å². The Balaban J connectivity index is 2.58. The van der Waals surface area contributed by atoms with Crippen LogP contribution in [-0.2, 0) is 30.3 Å².